The molecular weight excluding hydrogens is 172 g/mol. The van der Waals surface area contributed by atoms with E-state index in [9.17, 15) is 9.90 Å². The Labute approximate surface area is 56.3 Å². The summed E-state index contributed by atoms with van der Waals surface area (Å²) in [6, 6.07) is 0. The van der Waals surface area contributed by atoms with Crippen LogP contribution in [0.5, 0.6) is 0 Å². The standard InChI is InChI=1S/C5H7BrO2/c1-2-4(3-6)5(7)8/h2H,3H2,1H3,(H,7,8)/p-1/b4-2+. The van der Waals surface area contributed by atoms with Crippen molar-refractivity contribution in [1.29, 1.82) is 0 Å². The fraction of sp³-hybridized carbons (Fsp3) is 0.400. The average molecular weight is 178 g/mol. The molecule has 0 saturated carbocycles. The number of carbonyl (C=O) groups is 1. The molecule has 0 aliphatic heterocycles. The molecule has 0 fully saturated rings. The molecule has 0 unspecified atom stereocenters. The van der Waals surface area contributed by atoms with E-state index in [0.717, 1.165) is 0 Å². The lowest BCUT2D eigenvalue weighted by Gasteiger charge is -2.00. The summed E-state index contributed by atoms with van der Waals surface area (Å²) in [6.45, 7) is 1.66. The van der Waals surface area contributed by atoms with E-state index in [1.54, 1.807) is 6.92 Å². The van der Waals surface area contributed by atoms with Gasteiger partial charge in [-0.2, -0.15) is 0 Å². The maximum absolute atomic E-state index is 9.95. The molecule has 0 atom stereocenters. The van der Waals surface area contributed by atoms with Gasteiger partial charge in [-0.05, 0) is 12.5 Å². The predicted molar refractivity (Wildman–Crippen MR) is 32.6 cm³/mol. The van der Waals surface area contributed by atoms with Crippen LogP contribution in [0.25, 0.3) is 0 Å². The number of carboxylic acids is 1. The SMILES string of the molecule is C/C=C(\CBr)C(=O)[O-]. The van der Waals surface area contributed by atoms with Crippen molar-refractivity contribution in [2.24, 2.45) is 0 Å². The smallest absolute Gasteiger partial charge is 0.0680 e. The molecule has 0 aromatic rings. The Morgan fingerprint density at radius 3 is 2.38 bits per heavy atom. The molecule has 8 heavy (non-hydrogen) atoms. The summed E-state index contributed by atoms with van der Waals surface area (Å²) in [5, 5.41) is 10.3. The minimum atomic E-state index is -1.11. The van der Waals surface area contributed by atoms with Gasteiger partial charge in [0.1, 0.15) is 0 Å². The van der Waals surface area contributed by atoms with Crippen molar-refractivity contribution in [3.8, 4) is 0 Å². The quantitative estimate of drug-likeness (QED) is 0.443. The van der Waals surface area contributed by atoms with Gasteiger partial charge in [-0.3, -0.25) is 0 Å². The third-order valence-corrected chi connectivity index (χ3v) is 1.36. The van der Waals surface area contributed by atoms with Gasteiger partial charge in [0.05, 0.1) is 5.97 Å². The number of allylic oxidation sites excluding steroid dienone is 1. The van der Waals surface area contributed by atoms with Crippen molar-refractivity contribution in [3.05, 3.63) is 11.6 Å². The zero-order chi connectivity index (χ0) is 6.57. The third-order valence-electron chi connectivity index (χ3n) is 0.755. The summed E-state index contributed by atoms with van der Waals surface area (Å²) in [6.07, 6.45) is 1.50. The normalized spacial score (nSPS) is 11.5. The van der Waals surface area contributed by atoms with Crippen LogP contribution in [-0.2, 0) is 4.79 Å². The first-order chi connectivity index (χ1) is 3.72. The van der Waals surface area contributed by atoms with Gasteiger partial charge in [0, 0.05) is 5.33 Å². The summed E-state index contributed by atoms with van der Waals surface area (Å²) in [5.41, 5.74) is 0.282. The van der Waals surface area contributed by atoms with Gasteiger partial charge >= 0.3 is 0 Å². The molecular formula is C5H6BrO2-. The summed E-state index contributed by atoms with van der Waals surface area (Å²) < 4.78 is 0. The van der Waals surface area contributed by atoms with Gasteiger partial charge < -0.3 is 9.90 Å². The molecule has 0 bridgehead atoms. The van der Waals surface area contributed by atoms with E-state index < -0.39 is 5.97 Å². The topological polar surface area (TPSA) is 40.1 Å². The van der Waals surface area contributed by atoms with Crippen molar-refractivity contribution in [1.82, 2.24) is 0 Å². The Bertz CT molecular complexity index is 118. The number of carboxylic acid groups (broad SMARTS) is 1. The summed E-state index contributed by atoms with van der Waals surface area (Å²) in [7, 11) is 0. The lowest BCUT2D eigenvalue weighted by Crippen LogP contribution is -2.24. The Morgan fingerprint density at radius 2 is 2.38 bits per heavy atom. The second-order valence-corrected chi connectivity index (χ2v) is 1.80. The third kappa shape index (κ3) is 2.12. The molecule has 0 N–H and O–H groups in total. The molecule has 0 saturated heterocycles. The maximum atomic E-state index is 9.95. The lowest BCUT2D eigenvalue weighted by atomic mass is 10.3. The Balaban J connectivity index is 3.92. The molecule has 46 valence electrons. The number of aliphatic carboxylic acids is 1. The number of carbonyl (C=O) groups excluding carboxylic acids is 1. The molecule has 0 spiro atoms. The summed E-state index contributed by atoms with van der Waals surface area (Å²) in [5.74, 6) is -1.11. The molecule has 0 aliphatic carbocycles. The van der Waals surface area contributed by atoms with E-state index in [2.05, 4.69) is 15.9 Å². The van der Waals surface area contributed by atoms with Crippen molar-refractivity contribution < 1.29 is 9.90 Å². The molecule has 2 nitrogen and oxygen atoms in total. The second kappa shape index (κ2) is 3.66. The Morgan fingerprint density at radius 1 is 1.88 bits per heavy atom. The lowest BCUT2D eigenvalue weighted by molar-refractivity contribution is -0.299. The highest BCUT2D eigenvalue weighted by Crippen LogP contribution is 1.95. The number of hydrogen-bond donors (Lipinski definition) is 0. The van der Waals surface area contributed by atoms with Crippen LogP contribution in [0.2, 0.25) is 0 Å². The molecule has 0 amide bonds. The zero-order valence-corrected chi connectivity index (χ0v) is 6.06. The van der Waals surface area contributed by atoms with Crippen molar-refractivity contribution >= 4 is 21.9 Å². The summed E-state index contributed by atoms with van der Waals surface area (Å²) >= 11 is 2.99. The minimum Gasteiger partial charge on any atom is -0.545 e. The molecule has 3 heteroatoms. The van der Waals surface area contributed by atoms with Crippen LogP contribution >= 0.6 is 15.9 Å². The summed E-state index contributed by atoms with van der Waals surface area (Å²) in [4.78, 5) is 9.95. The first-order valence-corrected chi connectivity index (χ1v) is 3.27. The second-order valence-electron chi connectivity index (χ2n) is 1.24. The number of rotatable bonds is 2. The zero-order valence-electron chi connectivity index (χ0n) is 4.48. The highest BCUT2D eigenvalue weighted by molar-refractivity contribution is 9.09. The molecule has 0 aromatic heterocycles. The van der Waals surface area contributed by atoms with E-state index in [1.165, 1.54) is 6.08 Å². The van der Waals surface area contributed by atoms with Gasteiger partial charge in [-0.15, -0.1) is 0 Å². The first-order valence-electron chi connectivity index (χ1n) is 2.15. The maximum Gasteiger partial charge on any atom is 0.0680 e. The molecule has 0 aromatic carbocycles. The van der Waals surface area contributed by atoms with Crippen molar-refractivity contribution in [2.45, 2.75) is 6.92 Å². The van der Waals surface area contributed by atoms with E-state index in [4.69, 9.17) is 0 Å². The van der Waals surface area contributed by atoms with Gasteiger partial charge in [-0.1, -0.05) is 22.0 Å². The van der Waals surface area contributed by atoms with Gasteiger partial charge in [0.25, 0.3) is 0 Å². The average Bonchev–Trinajstić information content (AvgIpc) is 1.69. The fourth-order valence-corrected chi connectivity index (χ4v) is 0.802. The monoisotopic (exact) mass is 177 g/mol. The largest absolute Gasteiger partial charge is 0.545 e. The van der Waals surface area contributed by atoms with Crippen molar-refractivity contribution in [2.75, 3.05) is 5.33 Å². The molecule has 0 aliphatic rings. The minimum absolute atomic E-state index is 0.282. The molecule has 0 rings (SSSR count). The number of halogens is 1. The molecule has 0 radical (unpaired) electrons. The van der Waals surface area contributed by atoms with E-state index in [1.807, 2.05) is 0 Å². The van der Waals surface area contributed by atoms with Crippen LogP contribution in [0.1, 0.15) is 6.92 Å². The highest BCUT2D eigenvalue weighted by atomic mass is 79.9. The van der Waals surface area contributed by atoms with Crippen LogP contribution in [0.15, 0.2) is 11.6 Å². The number of alkyl halides is 1. The Hall–Kier alpha value is -0.310. The van der Waals surface area contributed by atoms with Crippen LogP contribution in [0, 0.1) is 0 Å². The van der Waals surface area contributed by atoms with Gasteiger partial charge in [-0.25, -0.2) is 0 Å². The van der Waals surface area contributed by atoms with Crippen LogP contribution in [0.4, 0.5) is 0 Å². The fourth-order valence-electron chi connectivity index (χ4n) is 0.250. The van der Waals surface area contributed by atoms with E-state index in [-0.39, 0.29) is 5.57 Å². The first kappa shape index (κ1) is 7.69. The number of hydrogen-bond acceptors (Lipinski definition) is 2. The molecule has 0 heterocycles. The van der Waals surface area contributed by atoms with Crippen LogP contribution in [0.3, 0.4) is 0 Å². The predicted octanol–water partition coefficient (Wildman–Crippen LogP) is 0.0775. The van der Waals surface area contributed by atoms with E-state index >= 15 is 0 Å². The van der Waals surface area contributed by atoms with Gasteiger partial charge in [0.2, 0.25) is 0 Å². The van der Waals surface area contributed by atoms with Gasteiger partial charge in [0.15, 0.2) is 0 Å². The Kier molecular flexibility index (Phi) is 3.52. The van der Waals surface area contributed by atoms with Crippen molar-refractivity contribution in [3.63, 3.8) is 0 Å². The van der Waals surface area contributed by atoms with E-state index in [0.29, 0.717) is 5.33 Å². The van der Waals surface area contributed by atoms with Crippen LogP contribution < -0.4 is 5.11 Å². The van der Waals surface area contributed by atoms with Crippen LogP contribution in [-0.4, -0.2) is 11.3 Å². The highest BCUT2D eigenvalue weighted by Gasteiger charge is 1.89.